The summed E-state index contributed by atoms with van der Waals surface area (Å²) < 4.78 is 10.1. The van der Waals surface area contributed by atoms with E-state index in [0.717, 1.165) is 5.57 Å². The lowest BCUT2D eigenvalue weighted by Gasteiger charge is -2.04. The van der Waals surface area contributed by atoms with E-state index in [9.17, 15) is 0 Å². The zero-order valence-corrected chi connectivity index (χ0v) is 6.18. The molecule has 1 aliphatic rings. The fraction of sp³-hybridized carbons (Fsp3) is 0.429. The van der Waals surface area contributed by atoms with Crippen molar-refractivity contribution in [3.05, 3.63) is 23.7 Å². The molecule has 0 bridgehead atoms. The molecule has 52 valence electrons. The lowest BCUT2D eigenvalue weighted by Crippen LogP contribution is -2.07. The van der Waals surface area contributed by atoms with Gasteiger partial charge in [0.25, 0.3) is 0 Å². The Labute approximate surface area is 61.9 Å². The van der Waals surface area contributed by atoms with E-state index in [1.165, 1.54) is 0 Å². The fourth-order valence-corrected chi connectivity index (χ4v) is 0.852. The molecule has 2 radical (unpaired) electrons. The first-order chi connectivity index (χ1) is 4.61. The van der Waals surface area contributed by atoms with E-state index in [-0.39, 0.29) is 0 Å². The summed E-state index contributed by atoms with van der Waals surface area (Å²) in [5.74, 6) is 1.38. The SMILES string of the molecule is [B]C1OC(C)=C(C(=C)C)O1. The van der Waals surface area contributed by atoms with Crippen LogP contribution >= 0.6 is 0 Å². The molecule has 0 fully saturated rings. The van der Waals surface area contributed by atoms with Crippen LogP contribution in [0.4, 0.5) is 0 Å². The Morgan fingerprint density at radius 1 is 1.60 bits per heavy atom. The highest BCUT2D eigenvalue weighted by Crippen LogP contribution is 2.24. The van der Waals surface area contributed by atoms with Crippen LogP contribution in [0.5, 0.6) is 0 Å². The van der Waals surface area contributed by atoms with Crippen molar-refractivity contribution < 1.29 is 9.47 Å². The van der Waals surface area contributed by atoms with Gasteiger partial charge in [0.05, 0.1) is 0 Å². The number of hydrogen-bond acceptors (Lipinski definition) is 2. The number of allylic oxidation sites excluding steroid dienone is 2. The van der Waals surface area contributed by atoms with Crippen LogP contribution in [0.3, 0.4) is 0 Å². The van der Waals surface area contributed by atoms with Crippen molar-refractivity contribution in [3.8, 4) is 0 Å². The Morgan fingerprint density at radius 3 is 2.40 bits per heavy atom. The Kier molecular flexibility index (Phi) is 1.75. The average Bonchev–Trinajstić information content (AvgIpc) is 2.10. The summed E-state index contributed by atoms with van der Waals surface area (Å²) in [6.45, 7) is 7.35. The van der Waals surface area contributed by atoms with Crippen LogP contribution in [0.15, 0.2) is 23.7 Å². The summed E-state index contributed by atoms with van der Waals surface area (Å²) in [6, 6.07) is 0. The Bertz CT molecular complexity index is 196. The third-order valence-corrected chi connectivity index (χ3v) is 1.23. The van der Waals surface area contributed by atoms with Gasteiger partial charge in [0.2, 0.25) is 0 Å². The van der Waals surface area contributed by atoms with Crippen LogP contribution in [0.2, 0.25) is 0 Å². The standard InChI is InChI=1S/C7H9BO2/c1-4(2)6-5(3)9-7(8)10-6/h7H,1H2,2-3H3. The summed E-state index contributed by atoms with van der Waals surface area (Å²) in [5, 5.41) is 0. The molecule has 0 aromatic heterocycles. The lowest BCUT2D eigenvalue weighted by molar-refractivity contribution is 0.0319. The highest BCUT2D eigenvalue weighted by molar-refractivity contribution is 6.10. The first-order valence-electron chi connectivity index (χ1n) is 3.07. The molecule has 0 aromatic rings. The van der Waals surface area contributed by atoms with Gasteiger partial charge in [-0.25, -0.2) is 0 Å². The van der Waals surface area contributed by atoms with Crippen molar-refractivity contribution in [2.24, 2.45) is 0 Å². The van der Waals surface area contributed by atoms with Crippen LogP contribution in [0, 0.1) is 0 Å². The molecule has 1 atom stereocenters. The molecule has 1 aliphatic heterocycles. The summed E-state index contributed by atoms with van der Waals surface area (Å²) >= 11 is 0. The van der Waals surface area contributed by atoms with Crippen LogP contribution in [0.25, 0.3) is 0 Å². The third kappa shape index (κ3) is 1.18. The topological polar surface area (TPSA) is 18.5 Å². The van der Waals surface area contributed by atoms with Gasteiger partial charge >= 0.3 is 0 Å². The summed E-state index contributed by atoms with van der Waals surface area (Å²) in [4.78, 5) is 0. The van der Waals surface area contributed by atoms with Crippen molar-refractivity contribution in [1.82, 2.24) is 0 Å². The number of hydrogen-bond donors (Lipinski definition) is 0. The van der Waals surface area contributed by atoms with E-state index in [2.05, 4.69) is 6.58 Å². The predicted molar refractivity (Wildman–Crippen MR) is 39.2 cm³/mol. The second kappa shape index (κ2) is 2.41. The molecule has 0 N–H and O–H groups in total. The van der Waals surface area contributed by atoms with Crippen molar-refractivity contribution in [3.63, 3.8) is 0 Å². The molecule has 1 unspecified atom stereocenters. The van der Waals surface area contributed by atoms with Crippen molar-refractivity contribution >= 4 is 7.85 Å². The van der Waals surface area contributed by atoms with Crippen LogP contribution in [-0.4, -0.2) is 14.0 Å². The van der Waals surface area contributed by atoms with Crippen molar-refractivity contribution in [2.45, 2.75) is 20.0 Å². The van der Waals surface area contributed by atoms with Gasteiger partial charge < -0.3 is 9.47 Å². The largest absolute Gasteiger partial charge is 0.466 e. The third-order valence-electron chi connectivity index (χ3n) is 1.23. The van der Waals surface area contributed by atoms with Gasteiger partial charge in [0.1, 0.15) is 5.76 Å². The van der Waals surface area contributed by atoms with Crippen LogP contribution in [0.1, 0.15) is 13.8 Å². The molecule has 10 heavy (non-hydrogen) atoms. The Hall–Kier alpha value is -0.855. The van der Waals surface area contributed by atoms with Gasteiger partial charge in [-0.2, -0.15) is 0 Å². The van der Waals surface area contributed by atoms with E-state index in [1.54, 1.807) is 6.92 Å². The van der Waals surface area contributed by atoms with Gasteiger partial charge in [0, 0.05) is 0 Å². The van der Waals surface area contributed by atoms with E-state index < -0.39 is 6.19 Å². The maximum atomic E-state index is 5.33. The maximum Gasteiger partial charge on any atom is 0.188 e. The normalized spacial score (nSPS) is 24.0. The first-order valence-corrected chi connectivity index (χ1v) is 3.07. The van der Waals surface area contributed by atoms with Gasteiger partial charge in [-0.15, -0.1) is 0 Å². The Balaban J connectivity index is 2.76. The highest BCUT2D eigenvalue weighted by Gasteiger charge is 2.19. The minimum absolute atomic E-state index is 0.647. The first kappa shape index (κ1) is 7.25. The summed E-state index contributed by atoms with van der Waals surface area (Å²) in [5.41, 5.74) is 0.838. The second-order valence-corrected chi connectivity index (χ2v) is 2.27. The van der Waals surface area contributed by atoms with E-state index >= 15 is 0 Å². The van der Waals surface area contributed by atoms with Gasteiger partial charge in [-0.1, -0.05) is 6.58 Å². The molecule has 1 rings (SSSR count). The maximum absolute atomic E-state index is 5.33. The van der Waals surface area contributed by atoms with Gasteiger partial charge in [-0.3, -0.25) is 0 Å². The highest BCUT2D eigenvalue weighted by atomic mass is 16.7. The molecule has 1 heterocycles. The molecule has 2 nitrogen and oxygen atoms in total. The number of rotatable bonds is 1. The molecule has 0 aliphatic carbocycles. The van der Waals surface area contributed by atoms with Crippen LogP contribution in [-0.2, 0) is 9.47 Å². The van der Waals surface area contributed by atoms with E-state index in [1.807, 2.05) is 6.92 Å². The minimum Gasteiger partial charge on any atom is -0.466 e. The monoisotopic (exact) mass is 136 g/mol. The van der Waals surface area contributed by atoms with Crippen molar-refractivity contribution in [1.29, 1.82) is 0 Å². The minimum atomic E-state index is -0.647. The smallest absolute Gasteiger partial charge is 0.188 e. The molecular weight excluding hydrogens is 127 g/mol. The molecule has 0 amide bonds. The summed E-state index contributed by atoms with van der Waals surface area (Å²) in [6.07, 6.45) is -0.647. The summed E-state index contributed by atoms with van der Waals surface area (Å²) in [7, 11) is 5.33. The molecule has 0 saturated heterocycles. The lowest BCUT2D eigenvalue weighted by atomic mass is 10.1. The number of ether oxygens (including phenoxy) is 2. The van der Waals surface area contributed by atoms with Crippen molar-refractivity contribution in [2.75, 3.05) is 0 Å². The Morgan fingerprint density at radius 2 is 2.20 bits per heavy atom. The molecule has 0 saturated carbocycles. The fourth-order valence-electron chi connectivity index (χ4n) is 0.852. The molecule has 0 aromatic carbocycles. The average molecular weight is 136 g/mol. The zero-order valence-electron chi connectivity index (χ0n) is 6.18. The zero-order chi connectivity index (χ0) is 7.72. The molecule has 0 spiro atoms. The van der Waals surface area contributed by atoms with Gasteiger partial charge in [-0.05, 0) is 19.4 Å². The molecule has 3 heteroatoms. The van der Waals surface area contributed by atoms with Crippen LogP contribution < -0.4 is 0 Å². The quantitative estimate of drug-likeness (QED) is 0.505. The van der Waals surface area contributed by atoms with E-state index in [4.69, 9.17) is 17.3 Å². The van der Waals surface area contributed by atoms with Gasteiger partial charge in [0.15, 0.2) is 19.8 Å². The predicted octanol–water partition coefficient (Wildman–Crippen LogP) is 1.29. The second-order valence-electron chi connectivity index (χ2n) is 2.27. The van der Waals surface area contributed by atoms with E-state index in [0.29, 0.717) is 11.5 Å². The molecular formula is C7H9BO2.